The fourth-order valence-corrected chi connectivity index (χ4v) is 2.54. The predicted octanol–water partition coefficient (Wildman–Crippen LogP) is 1.60. The first-order chi connectivity index (χ1) is 12.6. The Hall–Kier alpha value is -1.26. The lowest BCUT2D eigenvalue weighted by atomic mass is 10.1. The molecule has 27 heavy (non-hydrogen) atoms. The Labute approximate surface area is 160 Å². The van der Waals surface area contributed by atoms with Crippen molar-refractivity contribution in [2.24, 2.45) is 0 Å². The van der Waals surface area contributed by atoms with E-state index in [1.807, 2.05) is 0 Å². The first-order valence-electron chi connectivity index (χ1n) is 9.70. The Morgan fingerprint density at radius 2 is 1.30 bits per heavy atom. The zero-order valence-electron chi connectivity index (χ0n) is 16.2. The molecule has 0 radical (unpaired) electrons. The topological polar surface area (TPSA) is 157 Å². The molecule has 0 aliphatic rings. The van der Waals surface area contributed by atoms with Crippen LogP contribution in [0, 0.1) is 0 Å². The molecular formula is C18H35NO8. The van der Waals surface area contributed by atoms with Crippen LogP contribution in [0.15, 0.2) is 0 Å². The molecule has 9 nitrogen and oxygen atoms in total. The van der Waals surface area contributed by atoms with Gasteiger partial charge >= 0.3 is 12.1 Å². The Morgan fingerprint density at radius 1 is 0.778 bits per heavy atom. The van der Waals surface area contributed by atoms with Gasteiger partial charge in [-0.25, -0.2) is 4.79 Å². The van der Waals surface area contributed by atoms with Crippen molar-refractivity contribution in [2.45, 2.75) is 102 Å². The van der Waals surface area contributed by atoms with Crippen molar-refractivity contribution in [3.05, 3.63) is 0 Å². The van der Waals surface area contributed by atoms with Gasteiger partial charge in [0.1, 0.15) is 0 Å². The third kappa shape index (κ3) is 17.9. The fraction of sp³-hybridized carbons (Fsp3) is 0.889. The number of esters is 1. The summed E-state index contributed by atoms with van der Waals surface area (Å²) in [6, 6.07) is 0. The number of rotatable bonds is 15. The maximum Gasteiger partial charge on any atom is 0.419 e. The summed E-state index contributed by atoms with van der Waals surface area (Å²) in [5.41, 5.74) is 0. The number of hydrogen-bond donors (Lipinski definition) is 6. The van der Waals surface area contributed by atoms with Gasteiger partial charge in [0, 0.05) is 19.3 Å². The van der Waals surface area contributed by atoms with Gasteiger partial charge in [-0.1, -0.05) is 51.9 Å². The summed E-state index contributed by atoms with van der Waals surface area (Å²) in [5, 5.41) is 47.1. The lowest BCUT2D eigenvalue weighted by Gasteiger charge is -2.22. The second-order valence-corrected chi connectivity index (χ2v) is 6.91. The van der Waals surface area contributed by atoms with Crippen LogP contribution < -0.4 is 5.32 Å². The van der Waals surface area contributed by atoms with E-state index in [1.165, 1.54) is 25.7 Å². The van der Waals surface area contributed by atoms with Crippen molar-refractivity contribution < 1.29 is 39.9 Å². The number of nitrogens with one attached hydrogen (secondary N) is 1. The zero-order chi connectivity index (χ0) is 20.8. The van der Waals surface area contributed by atoms with E-state index in [2.05, 4.69) is 11.7 Å². The SMILES string of the molecule is CCCCCCCCCCC(=O)OC(=O)NC(O)(O)CCCCC(O)(O)O. The largest absolute Gasteiger partial charge is 0.419 e. The Balaban J connectivity index is 3.80. The first-order valence-corrected chi connectivity index (χ1v) is 9.70. The molecule has 1 amide bonds. The van der Waals surface area contributed by atoms with Crippen LogP contribution in [0.25, 0.3) is 0 Å². The molecule has 0 aliphatic heterocycles. The summed E-state index contributed by atoms with van der Waals surface area (Å²) in [5.74, 6) is -6.15. The van der Waals surface area contributed by atoms with E-state index in [4.69, 9.17) is 15.3 Å². The van der Waals surface area contributed by atoms with Crippen LogP contribution in [0.5, 0.6) is 0 Å². The first kappa shape index (κ1) is 25.7. The molecule has 0 aromatic carbocycles. The highest BCUT2D eigenvalue weighted by Crippen LogP contribution is 2.14. The van der Waals surface area contributed by atoms with Crippen LogP contribution in [0.2, 0.25) is 0 Å². The molecule has 160 valence electrons. The number of unbranched alkanes of at least 4 members (excludes halogenated alkanes) is 8. The van der Waals surface area contributed by atoms with E-state index in [9.17, 15) is 19.8 Å². The molecule has 0 spiro atoms. The van der Waals surface area contributed by atoms with E-state index >= 15 is 0 Å². The molecule has 0 saturated carbocycles. The van der Waals surface area contributed by atoms with Crippen LogP contribution in [0.4, 0.5) is 4.79 Å². The molecule has 0 heterocycles. The van der Waals surface area contributed by atoms with Crippen LogP contribution >= 0.6 is 0 Å². The predicted molar refractivity (Wildman–Crippen MR) is 96.9 cm³/mol. The molecule has 6 N–H and O–H groups in total. The lowest BCUT2D eigenvalue weighted by molar-refractivity contribution is -0.315. The third-order valence-electron chi connectivity index (χ3n) is 4.03. The second-order valence-electron chi connectivity index (χ2n) is 6.91. The van der Waals surface area contributed by atoms with Crippen molar-refractivity contribution >= 4 is 12.1 Å². The number of amides is 1. The molecule has 0 saturated heterocycles. The number of carbonyl (C=O) groups excluding carboxylic acids is 2. The molecule has 0 aliphatic carbocycles. The number of ether oxygens (including phenoxy) is 1. The van der Waals surface area contributed by atoms with Gasteiger partial charge in [0.25, 0.3) is 5.97 Å². The maximum atomic E-state index is 11.6. The number of carbonyl (C=O) groups is 2. The summed E-state index contributed by atoms with van der Waals surface area (Å²) < 4.78 is 4.48. The summed E-state index contributed by atoms with van der Waals surface area (Å²) in [6.07, 6.45) is 6.71. The average molecular weight is 393 g/mol. The van der Waals surface area contributed by atoms with Crippen LogP contribution in [0.3, 0.4) is 0 Å². The molecule has 9 heteroatoms. The van der Waals surface area contributed by atoms with Gasteiger partial charge in [-0.2, -0.15) is 0 Å². The van der Waals surface area contributed by atoms with Gasteiger partial charge in [0.2, 0.25) is 5.91 Å². The van der Waals surface area contributed by atoms with Gasteiger partial charge in [-0.15, -0.1) is 0 Å². The Bertz CT molecular complexity index is 420. The van der Waals surface area contributed by atoms with Crippen molar-refractivity contribution in [1.29, 1.82) is 0 Å². The van der Waals surface area contributed by atoms with E-state index < -0.39 is 23.9 Å². The van der Waals surface area contributed by atoms with E-state index in [0.717, 1.165) is 19.3 Å². The smallest absolute Gasteiger partial charge is 0.376 e. The van der Waals surface area contributed by atoms with E-state index in [1.54, 1.807) is 5.32 Å². The summed E-state index contributed by atoms with van der Waals surface area (Å²) in [6.45, 7) is 2.16. The molecule has 0 aromatic heterocycles. The molecule has 0 bridgehead atoms. The number of alkyl carbamates (subject to hydrolysis) is 1. The van der Waals surface area contributed by atoms with Crippen molar-refractivity contribution in [1.82, 2.24) is 5.32 Å². The average Bonchev–Trinajstić information content (AvgIpc) is 2.52. The molecule has 0 fully saturated rings. The second kappa shape index (κ2) is 13.8. The van der Waals surface area contributed by atoms with Crippen molar-refractivity contribution in [3.63, 3.8) is 0 Å². The minimum Gasteiger partial charge on any atom is -0.376 e. The van der Waals surface area contributed by atoms with Gasteiger partial charge in [0.15, 0.2) is 0 Å². The van der Waals surface area contributed by atoms with Gasteiger partial charge in [-0.3, -0.25) is 10.1 Å². The van der Waals surface area contributed by atoms with Crippen LogP contribution in [-0.2, 0) is 9.53 Å². The molecule has 0 rings (SSSR count). The Morgan fingerprint density at radius 3 is 1.85 bits per heavy atom. The standard InChI is InChI=1S/C18H35NO8/c1-2-3-4-5-6-7-8-9-12-15(20)27-16(21)19-17(22,23)13-10-11-14-18(24,25)26/h22-26H,2-14H2,1H3,(H,19,21). The van der Waals surface area contributed by atoms with Gasteiger partial charge in [-0.05, 0) is 19.3 Å². The summed E-state index contributed by atoms with van der Waals surface area (Å²) in [4.78, 5) is 23.1. The Kier molecular flexibility index (Phi) is 13.2. The van der Waals surface area contributed by atoms with Gasteiger partial charge in [0.05, 0.1) is 0 Å². The zero-order valence-corrected chi connectivity index (χ0v) is 16.2. The minimum atomic E-state index is -2.82. The third-order valence-corrected chi connectivity index (χ3v) is 4.03. The highest BCUT2D eigenvalue weighted by molar-refractivity contribution is 5.84. The summed E-state index contributed by atoms with van der Waals surface area (Å²) >= 11 is 0. The van der Waals surface area contributed by atoms with Gasteiger partial charge < -0.3 is 30.3 Å². The lowest BCUT2D eigenvalue weighted by Crippen LogP contribution is -2.49. The number of hydrogen-bond acceptors (Lipinski definition) is 8. The molecule has 0 unspecified atom stereocenters. The van der Waals surface area contributed by atoms with Crippen molar-refractivity contribution in [2.75, 3.05) is 0 Å². The highest BCUT2D eigenvalue weighted by atomic mass is 16.7. The van der Waals surface area contributed by atoms with E-state index in [0.29, 0.717) is 6.42 Å². The monoisotopic (exact) mass is 393 g/mol. The number of aliphatic hydroxyl groups is 5. The van der Waals surface area contributed by atoms with Crippen molar-refractivity contribution in [3.8, 4) is 0 Å². The maximum absolute atomic E-state index is 11.6. The van der Waals surface area contributed by atoms with Crippen LogP contribution in [-0.4, -0.2) is 49.5 Å². The van der Waals surface area contributed by atoms with E-state index in [-0.39, 0.29) is 32.1 Å². The molecule has 0 atom stereocenters. The quantitative estimate of drug-likeness (QED) is 0.106. The highest BCUT2D eigenvalue weighted by Gasteiger charge is 2.27. The van der Waals surface area contributed by atoms with Crippen LogP contribution in [0.1, 0.15) is 90.4 Å². The molecular weight excluding hydrogens is 358 g/mol. The summed E-state index contributed by atoms with van der Waals surface area (Å²) in [7, 11) is 0. The normalized spacial score (nSPS) is 12.1. The molecule has 0 aromatic rings. The fourth-order valence-electron chi connectivity index (χ4n) is 2.54. The minimum absolute atomic E-state index is 0.0699.